The van der Waals surface area contributed by atoms with E-state index in [2.05, 4.69) is 0 Å². The number of para-hydroxylation sites is 1. The first-order valence-electron chi connectivity index (χ1n) is 8.63. The highest BCUT2D eigenvalue weighted by Gasteiger charge is 2.31. The first-order chi connectivity index (χ1) is 14.1. The van der Waals surface area contributed by atoms with Gasteiger partial charge in [-0.2, -0.15) is 0 Å². The maximum Gasteiger partial charge on any atom is 0.332 e. The lowest BCUT2D eigenvalue weighted by Crippen LogP contribution is -2.51. The summed E-state index contributed by atoms with van der Waals surface area (Å²) in [5.74, 6) is -1.00. The Morgan fingerprint density at radius 3 is 2.33 bits per heavy atom. The molecule has 0 heterocycles. The second-order valence-electron chi connectivity index (χ2n) is 6.39. The van der Waals surface area contributed by atoms with Crippen LogP contribution < -0.4 is 10.2 Å². The summed E-state index contributed by atoms with van der Waals surface area (Å²) in [6.45, 7) is 2.54. The summed E-state index contributed by atoms with van der Waals surface area (Å²) < 4.78 is 26.9. The Labute approximate surface area is 172 Å². The molecule has 160 valence electrons. The predicted octanol–water partition coefficient (Wildman–Crippen LogP) is 1.70. The molecule has 0 aromatic heterocycles. The van der Waals surface area contributed by atoms with Gasteiger partial charge in [-0.05, 0) is 26.0 Å². The Kier molecular flexibility index (Phi) is 7.08. The van der Waals surface area contributed by atoms with Crippen LogP contribution in [0, 0.1) is 17.0 Å². The number of hydrogen-bond acceptors (Lipinski definition) is 7. The Morgan fingerprint density at radius 1 is 1.17 bits per heavy atom. The maximum atomic E-state index is 12.8. The van der Waals surface area contributed by atoms with Gasteiger partial charge in [0.15, 0.2) is 0 Å². The van der Waals surface area contributed by atoms with Crippen LogP contribution in [0.5, 0.6) is 0 Å². The third-order valence-electron chi connectivity index (χ3n) is 4.30. The second kappa shape index (κ2) is 9.33. The molecule has 30 heavy (non-hydrogen) atoms. The Hall–Kier alpha value is -3.51. The third-order valence-corrected chi connectivity index (χ3v) is 5.64. The van der Waals surface area contributed by atoms with Crippen LogP contribution in [0.1, 0.15) is 18.1 Å². The number of carbonyl (C=O) groups is 2. The van der Waals surface area contributed by atoms with Crippen molar-refractivity contribution in [2.75, 3.05) is 0 Å². The van der Waals surface area contributed by atoms with Gasteiger partial charge in [0.25, 0.3) is 21.6 Å². The van der Waals surface area contributed by atoms with E-state index in [1.54, 1.807) is 19.1 Å². The molecule has 3 N–H and O–H groups in total. The van der Waals surface area contributed by atoms with E-state index in [1.165, 1.54) is 48.8 Å². The van der Waals surface area contributed by atoms with Gasteiger partial charge in [0.1, 0.15) is 6.04 Å². The van der Waals surface area contributed by atoms with Crippen molar-refractivity contribution in [3.05, 3.63) is 69.8 Å². The molecule has 0 aliphatic carbocycles. The molecule has 0 radical (unpaired) electrons. The average molecular weight is 436 g/mol. The van der Waals surface area contributed by atoms with Crippen LogP contribution in [-0.2, 0) is 21.4 Å². The molecule has 0 saturated carbocycles. The molecule has 0 bridgehead atoms. The zero-order chi connectivity index (χ0) is 22.5. The van der Waals surface area contributed by atoms with E-state index in [0.29, 0.717) is 0 Å². The molecule has 0 aliphatic rings. The number of sulfonamides is 1. The summed E-state index contributed by atoms with van der Waals surface area (Å²) in [5.41, 5.74) is 1.95. The van der Waals surface area contributed by atoms with Gasteiger partial charge in [-0.3, -0.25) is 20.1 Å². The number of rotatable bonds is 7. The molecule has 3 amide bonds. The fourth-order valence-electron chi connectivity index (χ4n) is 2.58. The lowest BCUT2D eigenvalue weighted by Gasteiger charge is -2.27. The molecule has 11 nitrogen and oxygen atoms in total. The highest BCUT2D eigenvalue weighted by Crippen LogP contribution is 2.21. The van der Waals surface area contributed by atoms with Gasteiger partial charge >= 0.3 is 6.03 Å². The van der Waals surface area contributed by atoms with Gasteiger partial charge in [0.05, 0.1) is 16.4 Å². The van der Waals surface area contributed by atoms with Crippen LogP contribution in [0.2, 0.25) is 0 Å². The Morgan fingerprint density at radius 2 is 1.77 bits per heavy atom. The minimum Gasteiger partial charge on any atom is -0.308 e. The van der Waals surface area contributed by atoms with Crippen molar-refractivity contribution in [2.45, 2.75) is 31.3 Å². The first-order valence-corrected chi connectivity index (χ1v) is 10.1. The number of nitro groups is 1. The lowest BCUT2D eigenvalue weighted by molar-refractivity contribution is -0.385. The van der Waals surface area contributed by atoms with Crippen LogP contribution >= 0.6 is 0 Å². The Balaban J connectivity index is 2.37. The van der Waals surface area contributed by atoms with E-state index in [4.69, 9.17) is 5.21 Å². The monoisotopic (exact) mass is 436 g/mol. The third kappa shape index (κ3) is 5.30. The fraction of sp³-hybridized carbons (Fsp3) is 0.222. The van der Waals surface area contributed by atoms with Crippen LogP contribution in [0.4, 0.5) is 10.5 Å². The van der Waals surface area contributed by atoms with E-state index in [-0.39, 0.29) is 16.1 Å². The highest BCUT2D eigenvalue weighted by molar-refractivity contribution is 7.90. The molecular formula is C18H20N4O7S. The zero-order valence-corrected chi connectivity index (χ0v) is 16.9. The van der Waals surface area contributed by atoms with Gasteiger partial charge in [-0.25, -0.2) is 23.4 Å². The van der Waals surface area contributed by atoms with Crippen LogP contribution in [-0.4, -0.2) is 41.4 Å². The summed E-state index contributed by atoms with van der Waals surface area (Å²) in [6.07, 6.45) is 0. The van der Waals surface area contributed by atoms with Crippen molar-refractivity contribution in [1.82, 2.24) is 15.1 Å². The SMILES string of the molecule is Cc1ccc(S(=O)(=O)NC(=O)N(Cc2ccccc2[N+](=O)[O-])[C@@H](C)C(=O)NO)cc1. The van der Waals surface area contributed by atoms with Crippen LogP contribution in [0.15, 0.2) is 53.4 Å². The number of urea groups is 1. The first kappa shape index (κ1) is 22.8. The topological polar surface area (TPSA) is 159 Å². The fourth-order valence-corrected chi connectivity index (χ4v) is 3.54. The molecule has 0 saturated heterocycles. The zero-order valence-electron chi connectivity index (χ0n) is 16.1. The number of nitrogens with zero attached hydrogens (tertiary/aromatic N) is 2. The lowest BCUT2D eigenvalue weighted by atomic mass is 10.1. The van der Waals surface area contributed by atoms with Crippen LogP contribution in [0.25, 0.3) is 0 Å². The van der Waals surface area contributed by atoms with Crippen molar-refractivity contribution in [3.63, 3.8) is 0 Å². The molecule has 2 aromatic carbocycles. The number of benzene rings is 2. The van der Waals surface area contributed by atoms with Crippen molar-refractivity contribution < 1.29 is 28.1 Å². The normalized spacial score (nSPS) is 12.0. The minimum absolute atomic E-state index is 0.0722. The summed E-state index contributed by atoms with van der Waals surface area (Å²) in [6, 6.07) is 8.69. The predicted molar refractivity (Wildman–Crippen MR) is 105 cm³/mol. The van der Waals surface area contributed by atoms with Gasteiger partial charge in [-0.15, -0.1) is 0 Å². The van der Waals surface area contributed by atoms with Gasteiger partial charge in [-0.1, -0.05) is 35.9 Å². The molecule has 1 atom stereocenters. The van der Waals surface area contributed by atoms with E-state index in [0.717, 1.165) is 10.5 Å². The minimum atomic E-state index is -4.28. The van der Waals surface area contributed by atoms with Crippen molar-refractivity contribution in [3.8, 4) is 0 Å². The summed E-state index contributed by atoms with van der Waals surface area (Å²) in [4.78, 5) is 35.8. The largest absolute Gasteiger partial charge is 0.332 e. The van der Waals surface area contributed by atoms with E-state index >= 15 is 0 Å². The van der Waals surface area contributed by atoms with E-state index in [9.17, 15) is 28.1 Å². The Bertz CT molecular complexity index is 1050. The van der Waals surface area contributed by atoms with E-state index in [1.807, 2.05) is 4.72 Å². The smallest absolute Gasteiger partial charge is 0.308 e. The number of aryl methyl sites for hydroxylation is 1. The molecule has 2 aromatic rings. The molecule has 0 unspecified atom stereocenters. The number of hydroxylamine groups is 1. The number of carbonyl (C=O) groups excluding carboxylic acids is 2. The molecular weight excluding hydrogens is 416 g/mol. The number of nitro benzene ring substituents is 1. The second-order valence-corrected chi connectivity index (χ2v) is 8.07. The van der Waals surface area contributed by atoms with Gasteiger partial charge in [0, 0.05) is 11.6 Å². The average Bonchev–Trinajstić information content (AvgIpc) is 2.70. The van der Waals surface area contributed by atoms with E-state index < -0.39 is 39.5 Å². The summed E-state index contributed by atoms with van der Waals surface area (Å²) >= 11 is 0. The molecule has 0 fully saturated rings. The van der Waals surface area contributed by atoms with Gasteiger partial charge in [0.2, 0.25) is 0 Å². The van der Waals surface area contributed by atoms with Crippen LogP contribution in [0.3, 0.4) is 0 Å². The number of nitrogens with one attached hydrogen (secondary N) is 2. The van der Waals surface area contributed by atoms with Crippen molar-refractivity contribution in [1.29, 1.82) is 0 Å². The number of hydrogen-bond donors (Lipinski definition) is 3. The molecule has 0 aliphatic heterocycles. The highest BCUT2D eigenvalue weighted by atomic mass is 32.2. The quantitative estimate of drug-likeness (QED) is 0.338. The van der Waals surface area contributed by atoms with Crippen molar-refractivity contribution >= 4 is 27.6 Å². The molecule has 2 rings (SSSR count). The summed E-state index contributed by atoms with van der Waals surface area (Å²) in [5, 5.41) is 20.1. The molecule has 12 heteroatoms. The molecule has 0 spiro atoms. The standard InChI is InChI=1S/C18H20N4O7S/c1-12-7-9-15(10-8-12)30(28,29)20-18(24)21(13(2)17(23)19-25)11-14-5-3-4-6-16(14)22(26)27/h3-10,13,25H,11H2,1-2H3,(H,19,23)(H,20,24)/t13-/m0/s1. The summed E-state index contributed by atoms with van der Waals surface area (Å²) in [7, 11) is -4.28. The maximum absolute atomic E-state index is 12.8. The van der Waals surface area contributed by atoms with Gasteiger partial charge < -0.3 is 4.90 Å². The van der Waals surface area contributed by atoms with Crippen molar-refractivity contribution in [2.24, 2.45) is 0 Å². The number of amides is 3.